The fourth-order valence-corrected chi connectivity index (χ4v) is 3.56. The molecule has 1 saturated carbocycles. The lowest BCUT2D eigenvalue weighted by atomic mass is 9.90. The van der Waals surface area contributed by atoms with Gasteiger partial charge in [0, 0.05) is 5.92 Å². The molecule has 0 aromatic heterocycles. The summed E-state index contributed by atoms with van der Waals surface area (Å²) in [5.41, 5.74) is 9.26. The van der Waals surface area contributed by atoms with E-state index < -0.39 is 11.5 Å². The SMILES string of the molecule is NC1(C(=O)O)CC1c1ccc(C(=C2C=CC(=O)C=C2)c2ccc(O)cc2)cc1. The van der Waals surface area contributed by atoms with Crippen LogP contribution in [0.4, 0.5) is 0 Å². The molecule has 4 rings (SSSR count). The minimum absolute atomic E-state index is 0.0640. The van der Waals surface area contributed by atoms with Crippen molar-refractivity contribution < 1.29 is 19.8 Å². The van der Waals surface area contributed by atoms with Crippen molar-refractivity contribution in [2.24, 2.45) is 5.73 Å². The highest BCUT2D eigenvalue weighted by Crippen LogP contribution is 2.49. The Hall–Kier alpha value is -3.44. The van der Waals surface area contributed by atoms with Gasteiger partial charge in [0.25, 0.3) is 0 Å². The Balaban J connectivity index is 1.74. The molecule has 28 heavy (non-hydrogen) atoms. The second-order valence-electron chi connectivity index (χ2n) is 7.17. The molecule has 0 bridgehead atoms. The summed E-state index contributed by atoms with van der Waals surface area (Å²) in [4.78, 5) is 22.8. The molecule has 2 unspecified atom stereocenters. The van der Waals surface area contributed by atoms with Crippen LogP contribution in [0, 0.1) is 0 Å². The van der Waals surface area contributed by atoms with Crippen molar-refractivity contribution in [3.05, 3.63) is 95.1 Å². The van der Waals surface area contributed by atoms with Crippen LogP contribution in [0.25, 0.3) is 5.57 Å². The van der Waals surface area contributed by atoms with E-state index in [2.05, 4.69) is 0 Å². The maximum absolute atomic E-state index is 11.5. The van der Waals surface area contributed by atoms with Gasteiger partial charge >= 0.3 is 5.97 Å². The maximum atomic E-state index is 11.5. The lowest BCUT2D eigenvalue weighted by Crippen LogP contribution is -2.34. The molecule has 0 spiro atoms. The Labute approximate surface area is 162 Å². The van der Waals surface area contributed by atoms with Crippen LogP contribution in [-0.2, 0) is 9.59 Å². The van der Waals surface area contributed by atoms with E-state index in [-0.39, 0.29) is 17.5 Å². The quantitative estimate of drug-likeness (QED) is 0.764. The minimum atomic E-state index is -1.17. The van der Waals surface area contributed by atoms with E-state index in [0.717, 1.165) is 27.8 Å². The Kier molecular flexibility index (Phi) is 4.24. The van der Waals surface area contributed by atoms with Crippen LogP contribution < -0.4 is 5.73 Å². The van der Waals surface area contributed by atoms with E-state index in [9.17, 15) is 19.8 Å². The average Bonchev–Trinajstić information content (AvgIpc) is 3.39. The number of aliphatic carboxylic acids is 1. The van der Waals surface area contributed by atoms with Crippen molar-refractivity contribution in [3.8, 4) is 5.75 Å². The van der Waals surface area contributed by atoms with Crippen molar-refractivity contribution in [1.29, 1.82) is 0 Å². The monoisotopic (exact) mass is 373 g/mol. The molecule has 2 aliphatic rings. The highest BCUT2D eigenvalue weighted by Gasteiger charge is 2.58. The van der Waals surface area contributed by atoms with E-state index in [1.165, 1.54) is 12.2 Å². The van der Waals surface area contributed by atoms with E-state index in [0.29, 0.717) is 6.42 Å². The Morgan fingerprint density at radius 3 is 1.96 bits per heavy atom. The largest absolute Gasteiger partial charge is 0.508 e. The Bertz CT molecular complexity index is 1030. The molecule has 5 heteroatoms. The van der Waals surface area contributed by atoms with Crippen molar-refractivity contribution >= 4 is 17.3 Å². The molecule has 5 nitrogen and oxygen atoms in total. The summed E-state index contributed by atoms with van der Waals surface area (Å²) in [6.07, 6.45) is 7.01. The number of nitrogens with two attached hydrogens (primary N) is 1. The number of allylic oxidation sites excluding steroid dienone is 5. The summed E-state index contributed by atoms with van der Waals surface area (Å²) in [5, 5.41) is 18.9. The summed E-state index contributed by atoms with van der Waals surface area (Å²) in [5.74, 6) is -1.05. The van der Waals surface area contributed by atoms with Crippen molar-refractivity contribution in [1.82, 2.24) is 0 Å². The number of benzene rings is 2. The van der Waals surface area contributed by atoms with Gasteiger partial charge in [-0.25, -0.2) is 0 Å². The summed E-state index contributed by atoms with van der Waals surface area (Å²) in [7, 11) is 0. The lowest BCUT2D eigenvalue weighted by molar-refractivity contribution is -0.139. The Morgan fingerprint density at radius 1 is 0.929 bits per heavy atom. The molecular formula is C23H19NO4. The second kappa shape index (κ2) is 6.62. The number of hydrogen-bond donors (Lipinski definition) is 3. The molecule has 2 atom stereocenters. The van der Waals surface area contributed by atoms with Crippen molar-refractivity contribution in [2.45, 2.75) is 17.9 Å². The zero-order valence-corrected chi connectivity index (χ0v) is 15.0. The molecule has 2 aromatic rings. The van der Waals surface area contributed by atoms with Crippen LogP contribution in [0.3, 0.4) is 0 Å². The van der Waals surface area contributed by atoms with E-state index >= 15 is 0 Å². The summed E-state index contributed by atoms with van der Waals surface area (Å²) in [6.45, 7) is 0. The number of phenols is 1. The van der Waals surface area contributed by atoms with E-state index in [1.807, 2.05) is 36.4 Å². The van der Waals surface area contributed by atoms with Gasteiger partial charge in [0.05, 0.1) is 0 Å². The number of carbonyl (C=O) groups excluding carboxylic acids is 1. The highest BCUT2D eigenvalue weighted by atomic mass is 16.4. The third-order valence-electron chi connectivity index (χ3n) is 5.30. The molecule has 2 aromatic carbocycles. The number of rotatable bonds is 4. The molecule has 0 radical (unpaired) electrons. The van der Waals surface area contributed by atoms with Gasteiger partial charge in [-0.1, -0.05) is 48.6 Å². The molecule has 1 fully saturated rings. The van der Waals surface area contributed by atoms with E-state index in [1.54, 1.807) is 24.3 Å². The standard InChI is InChI=1S/C23H19NO4/c24-23(22(27)28)13-20(23)14-1-3-15(4-2-14)21(16-5-9-18(25)10-6-16)17-7-11-19(26)12-8-17/h1-12,20,25H,13,24H2,(H,27,28). The first-order valence-electron chi connectivity index (χ1n) is 8.95. The van der Waals surface area contributed by atoms with Crippen molar-refractivity contribution in [2.75, 3.05) is 0 Å². The predicted octanol–water partition coefficient (Wildman–Crippen LogP) is 3.16. The average molecular weight is 373 g/mol. The highest BCUT2D eigenvalue weighted by molar-refractivity contribution is 6.03. The fourth-order valence-electron chi connectivity index (χ4n) is 3.56. The third kappa shape index (κ3) is 3.17. The molecule has 0 saturated heterocycles. The first kappa shape index (κ1) is 17.9. The first-order valence-corrected chi connectivity index (χ1v) is 8.95. The number of ketones is 1. The van der Waals surface area contributed by atoms with Crippen LogP contribution in [-0.4, -0.2) is 27.5 Å². The van der Waals surface area contributed by atoms with Gasteiger partial charge < -0.3 is 15.9 Å². The van der Waals surface area contributed by atoms with Gasteiger partial charge in [-0.2, -0.15) is 0 Å². The molecule has 140 valence electrons. The molecule has 2 aliphatic carbocycles. The Morgan fingerprint density at radius 2 is 1.46 bits per heavy atom. The van der Waals surface area contributed by atoms with Gasteiger partial charge in [-0.15, -0.1) is 0 Å². The first-order chi connectivity index (χ1) is 13.4. The number of carboxylic acid groups (broad SMARTS) is 1. The third-order valence-corrected chi connectivity index (χ3v) is 5.30. The summed E-state index contributed by atoms with van der Waals surface area (Å²) >= 11 is 0. The second-order valence-corrected chi connectivity index (χ2v) is 7.17. The molecule has 0 amide bonds. The van der Waals surface area contributed by atoms with Crippen LogP contribution in [0.5, 0.6) is 5.75 Å². The molecular weight excluding hydrogens is 354 g/mol. The fraction of sp³-hybridized carbons (Fsp3) is 0.130. The number of hydrogen-bond acceptors (Lipinski definition) is 4. The lowest BCUT2D eigenvalue weighted by Gasteiger charge is -2.14. The van der Waals surface area contributed by atoms with Crippen LogP contribution in [0.2, 0.25) is 0 Å². The van der Waals surface area contributed by atoms with Gasteiger partial charge in [-0.3, -0.25) is 9.59 Å². The van der Waals surface area contributed by atoms with Crippen molar-refractivity contribution in [3.63, 3.8) is 0 Å². The zero-order valence-electron chi connectivity index (χ0n) is 15.0. The topological polar surface area (TPSA) is 101 Å². The predicted molar refractivity (Wildman–Crippen MR) is 106 cm³/mol. The van der Waals surface area contributed by atoms with Crippen LogP contribution >= 0.6 is 0 Å². The van der Waals surface area contributed by atoms with Gasteiger partial charge in [-0.05, 0) is 58.5 Å². The normalized spacial score (nSPS) is 23.0. The minimum Gasteiger partial charge on any atom is -0.508 e. The number of carbonyl (C=O) groups is 2. The summed E-state index contributed by atoms with van der Waals surface area (Å²) in [6, 6.07) is 14.5. The smallest absolute Gasteiger partial charge is 0.324 e. The van der Waals surface area contributed by atoms with E-state index in [4.69, 9.17) is 5.73 Å². The number of phenolic OH excluding ortho intramolecular Hbond substituents is 1. The zero-order chi connectivity index (χ0) is 19.9. The van der Waals surface area contributed by atoms with Gasteiger partial charge in [0.1, 0.15) is 11.3 Å². The van der Waals surface area contributed by atoms with Gasteiger partial charge in [0.15, 0.2) is 5.78 Å². The van der Waals surface area contributed by atoms with Gasteiger partial charge in [0.2, 0.25) is 0 Å². The molecule has 4 N–H and O–H groups in total. The number of aromatic hydroxyl groups is 1. The van der Waals surface area contributed by atoms with Crippen LogP contribution in [0.15, 0.2) is 78.4 Å². The molecule has 0 heterocycles. The molecule has 0 aliphatic heterocycles. The summed E-state index contributed by atoms with van der Waals surface area (Å²) < 4.78 is 0. The maximum Gasteiger partial charge on any atom is 0.324 e. The van der Waals surface area contributed by atoms with Crippen LogP contribution in [0.1, 0.15) is 29.0 Å². The number of carboxylic acids is 1.